The number of aryl methyl sites for hydroxylation is 1. The van der Waals surface area contributed by atoms with Crippen molar-refractivity contribution in [2.75, 3.05) is 6.54 Å². The van der Waals surface area contributed by atoms with Crippen molar-refractivity contribution in [2.45, 2.75) is 37.8 Å². The first kappa shape index (κ1) is 24.5. The number of tetrazole rings is 1. The van der Waals surface area contributed by atoms with Crippen LogP contribution in [0.2, 0.25) is 0 Å². The van der Waals surface area contributed by atoms with Crippen LogP contribution in [0.15, 0.2) is 66.7 Å². The lowest BCUT2D eigenvalue weighted by molar-refractivity contribution is -0.0655. The van der Waals surface area contributed by atoms with Gasteiger partial charge in [0, 0.05) is 31.0 Å². The van der Waals surface area contributed by atoms with Crippen LogP contribution < -0.4 is 0 Å². The molecular weight excluding hydrogens is 483 g/mol. The quantitative estimate of drug-likeness (QED) is 0.346. The van der Waals surface area contributed by atoms with Crippen LogP contribution in [0.5, 0.6) is 0 Å². The van der Waals surface area contributed by atoms with E-state index in [9.17, 15) is 18.0 Å². The molecule has 4 aromatic rings. The van der Waals surface area contributed by atoms with E-state index in [4.69, 9.17) is 4.74 Å². The fourth-order valence-corrected chi connectivity index (χ4v) is 4.75. The number of H-pyrrole nitrogens is 1. The minimum atomic E-state index is -0.967. The first-order chi connectivity index (χ1) is 17.8. The van der Waals surface area contributed by atoms with Crippen LogP contribution in [0.25, 0.3) is 11.1 Å². The smallest absolute Gasteiger partial charge is 0.411 e. The standard InChI is InChI=1S/C27H24F3N5O2/c1-17(18-2-4-19(5-3-18)23-11-10-22(29)16-24(23)30)35-15-14-27(37-26(35)36,13-12-25-31-33-34-32-25)20-6-8-21(28)9-7-20/h2-11,16-17H,12-15H2,1H3,(H,31,32,33,34)/t17-,27?/m0/s1. The summed E-state index contributed by atoms with van der Waals surface area (Å²) in [6.45, 7) is 2.29. The fourth-order valence-electron chi connectivity index (χ4n) is 4.75. The molecule has 0 spiro atoms. The third-order valence-corrected chi connectivity index (χ3v) is 6.89. The van der Waals surface area contributed by atoms with Crippen LogP contribution in [-0.4, -0.2) is 38.2 Å². The lowest BCUT2D eigenvalue weighted by Crippen LogP contribution is -2.49. The van der Waals surface area contributed by atoms with Gasteiger partial charge in [-0.05, 0) is 54.3 Å². The summed E-state index contributed by atoms with van der Waals surface area (Å²) in [5.74, 6) is -1.16. The predicted molar refractivity (Wildman–Crippen MR) is 129 cm³/mol. The highest BCUT2D eigenvalue weighted by Gasteiger charge is 2.43. The largest absolute Gasteiger partial charge is 0.438 e. The Morgan fingerprint density at radius 1 is 1.03 bits per heavy atom. The van der Waals surface area contributed by atoms with Gasteiger partial charge in [0.25, 0.3) is 0 Å². The molecule has 1 N–H and O–H groups in total. The summed E-state index contributed by atoms with van der Waals surface area (Å²) >= 11 is 0. The van der Waals surface area contributed by atoms with E-state index in [1.54, 1.807) is 29.2 Å². The molecule has 1 unspecified atom stereocenters. The second-order valence-electron chi connectivity index (χ2n) is 9.06. The van der Waals surface area contributed by atoms with Crippen LogP contribution >= 0.6 is 0 Å². The molecule has 1 fully saturated rings. The van der Waals surface area contributed by atoms with E-state index in [0.717, 1.165) is 11.6 Å². The molecule has 1 aromatic heterocycles. The topological polar surface area (TPSA) is 84.0 Å². The number of carbonyl (C=O) groups is 1. The van der Waals surface area contributed by atoms with E-state index in [1.807, 2.05) is 19.1 Å². The van der Waals surface area contributed by atoms with Gasteiger partial charge in [-0.15, -0.1) is 10.2 Å². The molecule has 0 radical (unpaired) electrons. The molecule has 5 rings (SSSR count). The van der Waals surface area contributed by atoms with Crippen molar-refractivity contribution in [3.05, 3.63) is 101 Å². The van der Waals surface area contributed by atoms with Gasteiger partial charge in [0.1, 0.15) is 23.1 Å². The summed E-state index contributed by atoms with van der Waals surface area (Å²) in [6, 6.07) is 16.2. The number of hydrogen-bond donors (Lipinski definition) is 1. The highest BCUT2D eigenvalue weighted by atomic mass is 19.1. The number of nitrogens with one attached hydrogen (secondary N) is 1. The summed E-state index contributed by atoms with van der Waals surface area (Å²) in [5.41, 5.74) is 1.47. The molecule has 2 heterocycles. The molecular formula is C27H24F3N5O2. The lowest BCUT2D eigenvalue weighted by atomic mass is 9.84. The number of aromatic nitrogens is 4. The number of aromatic amines is 1. The van der Waals surface area contributed by atoms with Gasteiger partial charge >= 0.3 is 6.09 Å². The minimum absolute atomic E-state index is 0.295. The predicted octanol–water partition coefficient (Wildman–Crippen LogP) is 5.72. The second-order valence-corrected chi connectivity index (χ2v) is 9.06. The van der Waals surface area contributed by atoms with E-state index in [2.05, 4.69) is 20.6 Å². The zero-order valence-corrected chi connectivity index (χ0v) is 20.0. The molecule has 0 bridgehead atoms. The number of ether oxygens (including phenoxy) is 1. The van der Waals surface area contributed by atoms with Crippen molar-refractivity contribution in [3.63, 3.8) is 0 Å². The molecule has 1 saturated heterocycles. The minimum Gasteiger partial charge on any atom is -0.438 e. The molecule has 1 amide bonds. The van der Waals surface area contributed by atoms with Crippen LogP contribution in [0, 0.1) is 17.5 Å². The first-order valence-corrected chi connectivity index (χ1v) is 11.9. The molecule has 1 aliphatic rings. The first-order valence-electron chi connectivity index (χ1n) is 11.9. The highest BCUT2D eigenvalue weighted by molar-refractivity contribution is 5.70. The number of rotatable bonds is 7. The van der Waals surface area contributed by atoms with Gasteiger partial charge in [-0.3, -0.25) is 0 Å². The third kappa shape index (κ3) is 5.04. The molecule has 3 aromatic carbocycles. The van der Waals surface area contributed by atoms with Gasteiger partial charge in [-0.1, -0.05) is 41.6 Å². The monoisotopic (exact) mass is 507 g/mol. The Balaban J connectivity index is 1.34. The Hall–Kier alpha value is -4.21. The van der Waals surface area contributed by atoms with Gasteiger partial charge in [-0.25, -0.2) is 18.0 Å². The third-order valence-electron chi connectivity index (χ3n) is 6.89. The molecule has 2 atom stereocenters. The van der Waals surface area contributed by atoms with Crippen molar-refractivity contribution in [3.8, 4) is 11.1 Å². The van der Waals surface area contributed by atoms with Crippen molar-refractivity contribution in [1.82, 2.24) is 25.5 Å². The summed E-state index contributed by atoms with van der Waals surface area (Å²) in [4.78, 5) is 14.9. The van der Waals surface area contributed by atoms with Gasteiger partial charge < -0.3 is 9.64 Å². The Morgan fingerprint density at radius 3 is 2.41 bits per heavy atom. The van der Waals surface area contributed by atoms with Crippen LogP contribution in [0.1, 0.15) is 42.8 Å². The summed E-state index contributed by atoms with van der Waals surface area (Å²) in [5, 5.41) is 13.9. The average Bonchev–Trinajstić information content (AvgIpc) is 3.42. The molecule has 1 aliphatic heterocycles. The molecule has 190 valence electrons. The second kappa shape index (κ2) is 10.0. The van der Waals surface area contributed by atoms with E-state index in [1.165, 1.54) is 24.3 Å². The lowest BCUT2D eigenvalue weighted by Gasteiger charge is -2.43. The Kier molecular flexibility index (Phi) is 6.64. The summed E-state index contributed by atoms with van der Waals surface area (Å²) < 4.78 is 47.1. The Bertz CT molecular complexity index is 1380. The summed E-state index contributed by atoms with van der Waals surface area (Å²) in [7, 11) is 0. The van der Waals surface area contributed by atoms with Gasteiger partial charge in [0.05, 0.1) is 6.04 Å². The molecule has 10 heteroatoms. The number of benzene rings is 3. The normalized spacial score (nSPS) is 18.5. The van der Waals surface area contributed by atoms with E-state index < -0.39 is 23.3 Å². The highest BCUT2D eigenvalue weighted by Crippen LogP contribution is 2.40. The number of cyclic esters (lactones) is 1. The fraction of sp³-hybridized carbons (Fsp3) is 0.259. The maximum Gasteiger partial charge on any atom is 0.411 e. The number of amides is 1. The number of halogens is 3. The maximum absolute atomic E-state index is 14.2. The SMILES string of the molecule is C[C@@H](c1ccc(-c2ccc(F)cc2F)cc1)N1CCC(CCc2nn[nH]n2)(c2ccc(F)cc2)OC1=O. The maximum atomic E-state index is 14.2. The van der Waals surface area contributed by atoms with E-state index >= 15 is 0 Å². The molecule has 7 nitrogen and oxygen atoms in total. The van der Waals surface area contributed by atoms with Gasteiger partial charge in [-0.2, -0.15) is 5.21 Å². The Morgan fingerprint density at radius 2 is 1.76 bits per heavy atom. The summed E-state index contributed by atoms with van der Waals surface area (Å²) in [6.07, 6.45) is 0.804. The number of hydrogen-bond acceptors (Lipinski definition) is 5. The zero-order chi connectivity index (χ0) is 26.0. The van der Waals surface area contributed by atoms with Crippen LogP contribution in [-0.2, 0) is 16.8 Å². The van der Waals surface area contributed by atoms with Crippen LogP contribution in [0.4, 0.5) is 18.0 Å². The number of nitrogens with zero attached hydrogens (tertiary/aromatic N) is 4. The molecule has 0 aliphatic carbocycles. The number of carbonyl (C=O) groups excluding carboxylic acids is 1. The van der Waals surface area contributed by atoms with Crippen molar-refractivity contribution >= 4 is 6.09 Å². The molecule has 37 heavy (non-hydrogen) atoms. The van der Waals surface area contributed by atoms with Crippen molar-refractivity contribution in [2.24, 2.45) is 0 Å². The Labute approximate surface area is 211 Å². The van der Waals surface area contributed by atoms with Gasteiger partial charge in [0.15, 0.2) is 5.82 Å². The van der Waals surface area contributed by atoms with E-state index in [-0.39, 0.29) is 11.9 Å². The molecule has 0 saturated carbocycles. The van der Waals surface area contributed by atoms with Crippen LogP contribution in [0.3, 0.4) is 0 Å². The average molecular weight is 508 g/mol. The van der Waals surface area contributed by atoms with E-state index in [0.29, 0.717) is 48.3 Å². The van der Waals surface area contributed by atoms with Gasteiger partial charge in [0.2, 0.25) is 0 Å². The van der Waals surface area contributed by atoms with Crippen molar-refractivity contribution < 1.29 is 22.7 Å². The van der Waals surface area contributed by atoms with Crippen molar-refractivity contribution in [1.29, 1.82) is 0 Å². The zero-order valence-electron chi connectivity index (χ0n) is 20.0.